The summed E-state index contributed by atoms with van der Waals surface area (Å²) in [6, 6.07) is 0. The number of hydrogen-bond acceptors (Lipinski definition) is 7. The molecule has 9 nitrogen and oxygen atoms in total. The molecule has 0 aliphatic heterocycles. The van der Waals surface area contributed by atoms with Gasteiger partial charge in [0, 0.05) is 12.8 Å². The maximum absolute atomic E-state index is 12.9. The molecule has 0 amide bonds. The molecular weight excluding hydrogens is 1230 g/mol. The van der Waals surface area contributed by atoms with Gasteiger partial charge in [0.1, 0.15) is 19.8 Å². The van der Waals surface area contributed by atoms with Crippen LogP contribution < -0.4 is 0 Å². The lowest BCUT2D eigenvalue weighted by molar-refractivity contribution is -0.870. The van der Waals surface area contributed by atoms with Gasteiger partial charge in [0.25, 0.3) is 0 Å². The third-order valence-electron chi connectivity index (χ3n) is 18.3. The Kier molecular flexibility index (Phi) is 75.2. The van der Waals surface area contributed by atoms with Crippen LogP contribution in [0.2, 0.25) is 0 Å². The standard InChI is InChI=1S/C88H158NO8P/c1-6-8-10-12-14-16-18-20-22-24-26-28-30-32-34-36-38-40-42-43-44-45-47-48-50-52-54-56-58-60-62-64-66-68-70-72-74-76-78-80-87(90)94-84-86(85-96-98(92,93)95-83-82-89(3,4)5)97-88(91)81-79-77-75-73-71-69-67-65-63-61-59-57-55-53-51-49-46-41-39-37-35-33-31-29-27-25-23-21-19-17-15-13-11-9-7-2/h8-11,14-17,20-23,26-29,33,35,86H,6-7,12-13,18-19,24-25,30-32,34,36-85H2,1-5H3/p+1/b10-8-,11-9-,16-14-,17-15-,22-20-,23-21-,28-26-,29-27-,35-33-. The molecule has 10 heteroatoms. The van der Waals surface area contributed by atoms with Crippen molar-refractivity contribution in [3.05, 3.63) is 109 Å². The van der Waals surface area contributed by atoms with Gasteiger partial charge in [-0.25, -0.2) is 4.57 Å². The molecule has 0 aromatic carbocycles. The van der Waals surface area contributed by atoms with Crippen LogP contribution in [0.1, 0.15) is 386 Å². The summed E-state index contributed by atoms with van der Waals surface area (Å²) in [5, 5.41) is 0. The Hall–Kier alpha value is -3.33. The van der Waals surface area contributed by atoms with Crippen LogP contribution in [0, 0.1) is 0 Å². The number of likely N-dealkylation sites (N-methyl/N-ethyl adjacent to an activating group) is 1. The van der Waals surface area contributed by atoms with Crippen molar-refractivity contribution in [2.24, 2.45) is 0 Å². The molecule has 0 spiro atoms. The molecule has 2 unspecified atom stereocenters. The summed E-state index contributed by atoms with van der Waals surface area (Å²) in [5.41, 5.74) is 0. The topological polar surface area (TPSA) is 108 Å². The number of phosphoric acid groups is 1. The van der Waals surface area contributed by atoms with Gasteiger partial charge in [-0.15, -0.1) is 0 Å². The van der Waals surface area contributed by atoms with E-state index in [1.54, 1.807) is 0 Å². The van der Waals surface area contributed by atoms with Crippen LogP contribution in [0.15, 0.2) is 109 Å². The molecule has 0 aliphatic carbocycles. The van der Waals surface area contributed by atoms with Crippen molar-refractivity contribution in [1.82, 2.24) is 0 Å². The van der Waals surface area contributed by atoms with E-state index in [9.17, 15) is 19.0 Å². The van der Waals surface area contributed by atoms with Crippen LogP contribution in [0.25, 0.3) is 0 Å². The second-order valence-corrected chi connectivity index (χ2v) is 30.6. The number of hydrogen-bond donors (Lipinski definition) is 1. The summed E-state index contributed by atoms with van der Waals surface area (Å²) in [6.07, 6.45) is 111. The fraction of sp³-hybridized carbons (Fsp3) is 0.773. The Bertz CT molecular complexity index is 2030. The van der Waals surface area contributed by atoms with Crippen molar-refractivity contribution in [2.75, 3.05) is 47.5 Å². The van der Waals surface area contributed by atoms with Crippen molar-refractivity contribution in [1.29, 1.82) is 0 Å². The minimum Gasteiger partial charge on any atom is -0.462 e. The lowest BCUT2D eigenvalue weighted by Gasteiger charge is -2.24. The zero-order chi connectivity index (χ0) is 71.1. The molecular formula is C88H159NO8P+. The lowest BCUT2D eigenvalue weighted by Crippen LogP contribution is -2.37. The molecule has 0 heterocycles. The Morgan fingerprint density at radius 1 is 0.316 bits per heavy atom. The van der Waals surface area contributed by atoms with Crippen LogP contribution in [-0.4, -0.2) is 74.9 Å². The Labute approximate surface area is 607 Å². The van der Waals surface area contributed by atoms with Crippen LogP contribution >= 0.6 is 7.82 Å². The van der Waals surface area contributed by atoms with Crippen LogP contribution in [0.3, 0.4) is 0 Å². The Morgan fingerprint density at radius 3 is 0.816 bits per heavy atom. The third kappa shape index (κ3) is 81.6. The highest BCUT2D eigenvalue weighted by atomic mass is 31.2. The van der Waals surface area contributed by atoms with E-state index in [1.165, 1.54) is 263 Å². The van der Waals surface area contributed by atoms with Crippen LogP contribution in [-0.2, 0) is 32.7 Å². The molecule has 0 saturated carbocycles. The van der Waals surface area contributed by atoms with Gasteiger partial charge in [-0.1, -0.05) is 386 Å². The quantitative estimate of drug-likeness (QED) is 0.0211. The summed E-state index contributed by atoms with van der Waals surface area (Å²) in [7, 11) is 1.49. The predicted octanol–water partition coefficient (Wildman–Crippen LogP) is 28.0. The van der Waals surface area contributed by atoms with Gasteiger partial charge in [-0.3, -0.25) is 18.6 Å². The first-order valence-electron chi connectivity index (χ1n) is 41.6. The number of quaternary nitrogens is 1. The van der Waals surface area contributed by atoms with Crippen LogP contribution in [0.4, 0.5) is 0 Å². The highest BCUT2D eigenvalue weighted by Gasteiger charge is 2.27. The van der Waals surface area contributed by atoms with Crippen molar-refractivity contribution in [2.45, 2.75) is 392 Å². The van der Waals surface area contributed by atoms with E-state index < -0.39 is 26.5 Å². The van der Waals surface area contributed by atoms with Gasteiger partial charge >= 0.3 is 19.8 Å². The number of carbonyl (C=O) groups excluding carboxylic acids is 2. The summed E-state index contributed by atoms with van der Waals surface area (Å²) >= 11 is 0. The lowest BCUT2D eigenvalue weighted by atomic mass is 10.0. The number of carbonyl (C=O) groups is 2. The summed E-state index contributed by atoms with van der Waals surface area (Å²) < 4.78 is 34.9. The zero-order valence-electron chi connectivity index (χ0n) is 65.0. The molecule has 1 N–H and O–H groups in total. The van der Waals surface area contributed by atoms with Crippen molar-refractivity contribution < 1.29 is 42.1 Å². The third-order valence-corrected chi connectivity index (χ3v) is 19.3. The molecule has 0 bridgehead atoms. The van der Waals surface area contributed by atoms with E-state index in [1.807, 2.05) is 21.1 Å². The van der Waals surface area contributed by atoms with Gasteiger partial charge in [-0.05, 0) is 96.3 Å². The van der Waals surface area contributed by atoms with Gasteiger partial charge in [0.05, 0.1) is 27.7 Å². The minimum absolute atomic E-state index is 0.0318. The molecule has 0 aromatic rings. The van der Waals surface area contributed by atoms with Gasteiger partial charge in [0.15, 0.2) is 6.10 Å². The van der Waals surface area contributed by atoms with E-state index in [-0.39, 0.29) is 25.6 Å². The molecule has 0 fully saturated rings. The van der Waals surface area contributed by atoms with E-state index in [0.717, 1.165) is 89.9 Å². The van der Waals surface area contributed by atoms with Crippen molar-refractivity contribution in [3.8, 4) is 0 Å². The maximum Gasteiger partial charge on any atom is 0.472 e. The average Bonchev–Trinajstić information content (AvgIpc) is 1.08. The summed E-state index contributed by atoms with van der Waals surface area (Å²) in [6.45, 7) is 4.26. The van der Waals surface area contributed by atoms with Crippen molar-refractivity contribution in [3.63, 3.8) is 0 Å². The first-order valence-corrected chi connectivity index (χ1v) is 43.1. The first-order chi connectivity index (χ1) is 48.0. The number of ether oxygens (including phenoxy) is 2. The zero-order valence-corrected chi connectivity index (χ0v) is 65.9. The Balaban J connectivity index is 3.90. The highest BCUT2D eigenvalue weighted by Crippen LogP contribution is 2.43. The van der Waals surface area contributed by atoms with Gasteiger partial charge in [-0.2, -0.15) is 0 Å². The van der Waals surface area contributed by atoms with Crippen molar-refractivity contribution >= 4 is 19.8 Å². The van der Waals surface area contributed by atoms with E-state index in [4.69, 9.17) is 18.5 Å². The average molecular weight is 1390 g/mol. The molecule has 568 valence electrons. The molecule has 0 saturated heterocycles. The first kappa shape index (κ1) is 94.7. The van der Waals surface area contributed by atoms with E-state index >= 15 is 0 Å². The number of allylic oxidation sites excluding steroid dienone is 18. The number of esters is 2. The minimum atomic E-state index is -4.40. The molecule has 0 aliphatic rings. The smallest absolute Gasteiger partial charge is 0.462 e. The largest absolute Gasteiger partial charge is 0.472 e. The molecule has 2 atom stereocenters. The Morgan fingerprint density at radius 2 is 0.551 bits per heavy atom. The summed E-state index contributed by atoms with van der Waals surface area (Å²) in [5.74, 6) is -0.778. The monoisotopic (exact) mass is 1390 g/mol. The van der Waals surface area contributed by atoms with Crippen LogP contribution in [0.5, 0.6) is 0 Å². The fourth-order valence-electron chi connectivity index (χ4n) is 12.0. The number of phosphoric ester groups is 1. The predicted molar refractivity (Wildman–Crippen MR) is 427 cm³/mol. The van der Waals surface area contributed by atoms with Gasteiger partial charge < -0.3 is 18.9 Å². The second-order valence-electron chi connectivity index (χ2n) is 29.1. The maximum atomic E-state index is 12.9. The normalized spacial score (nSPS) is 13.6. The fourth-order valence-corrected chi connectivity index (χ4v) is 12.8. The molecule has 0 aromatic heterocycles. The number of nitrogens with zero attached hydrogens (tertiary/aromatic N) is 1. The molecule has 0 radical (unpaired) electrons. The number of unbranched alkanes of at least 4 members (excludes halogenated alkanes) is 45. The van der Waals surface area contributed by atoms with E-state index in [2.05, 4.69) is 123 Å². The molecule has 98 heavy (non-hydrogen) atoms. The second kappa shape index (κ2) is 77.8. The van der Waals surface area contributed by atoms with Gasteiger partial charge in [0.2, 0.25) is 0 Å². The number of rotatable bonds is 77. The van der Waals surface area contributed by atoms with E-state index in [0.29, 0.717) is 23.9 Å². The SMILES string of the molecule is CC/C=C\C/C=C\C/C=C\C/C=C\C/C=C\CCCCCCCCCCCCCCCCCCCCCC(=O)OC(COC(=O)CCCCCCCCCCCCCCCCCCCCCCCCCCCC/C=C\C/C=C\C/C=C\C/C=C\CC)COP(=O)(O)OCC[N+](C)(C)C. The molecule has 0 rings (SSSR count). The highest BCUT2D eigenvalue weighted by molar-refractivity contribution is 7.47. The summed E-state index contributed by atoms with van der Waals surface area (Å²) in [4.78, 5) is 36.0.